The zero-order valence-corrected chi connectivity index (χ0v) is 11.3. The molecule has 102 valence electrons. The zero-order valence-electron chi connectivity index (χ0n) is 11.3. The number of rotatable bonds is 6. The summed E-state index contributed by atoms with van der Waals surface area (Å²) in [5.41, 5.74) is 0.808. The lowest BCUT2D eigenvalue weighted by atomic mass is 10.3. The molecule has 0 atom stereocenters. The summed E-state index contributed by atoms with van der Waals surface area (Å²) in [4.78, 5) is 2.16. The van der Waals surface area contributed by atoms with Crippen molar-refractivity contribution in [1.29, 1.82) is 0 Å². The molecule has 4 heteroatoms. The van der Waals surface area contributed by atoms with E-state index in [1.54, 1.807) is 6.07 Å². The molecule has 1 aromatic heterocycles. The Balaban J connectivity index is 1.73. The summed E-state index contributed by atoms with van der Waals surface area (Å²) in [5, 5.41) is 3.20. The fourth-order valence-corrected chi connectivity index (χ4v) is 1.90. The minimum Gasteiger partial charge on any atom is -0.465 e. The molecule has 1 heterocycles. The van der Waals surface area contributed by atoms with Crippen molar-refractivity contribution < 1.29 is 8.81 Å². The topological polar surface area (TPSA) is 28.4 Å². The maximum absolute atomic E-state index is 13.0. The first-order valence-corrected chi connectivity index (χ1v) is 6.37. The molecule has 0 saturated carbocycles. The highest BCUT2D eigenvalue weighted by atomic mass is 19.1. The highest BCUT2D eigenvalue weighted by molar-refractivity contribution is 5.42. The standard InChI is InChI=1S/C15H19FN2O/c1-12-6-7-15(19-12)11-18(2)9-8-17-14-5-3-4-13(16)10-14/h3-7,10,17H,8-9,11H2,1-2H3. The van der Waals surface area contributed by atoms with Crippen LogP contribution in [-0.2, 0) is 6.54 Å². The minimum atomic E-state index is -0.218. The molecule has 0 aliphatic carbocycles. The summed E-state index contributed by atoms with van der Waals surface area (Å²) in [6, 6.07) is 10.5. The van der Waals surface area contributed by atoms with Gasteiger partial charge < -0.3 is 9.73 Å². The molecule has 1 aromatic carbocycles. The fraction of sp³-hybridized carbons (Fsp3) is 0.333. The number of benzene rings is 1. The number of likely N-dealkylation sites (N-methyl/N-ethyl adjacent to an activating group) is 1. The molecule has 19 heavy (non-hydrogen) atoms. The number of hydrogen-bond acceptors (Lipinski definition) is 3. The van der Waals surface area contributed by atoms with Crippen LogP contribution in [0.15, 0.2) is 40.8 Å². The highest BCUT2D eigenvalue weighted by Gasteiger charge is 2.03. The summed E-state index contributed by atoms with van der Waals surface area (Å²) >= 11 is 0. The van der Waals surface area contributed by atoms with Crippen LogP contribution in [0.1, 0.15) is 11.5 Å². The van der Waals surface area contributed by atoms with Gasteiger partial charge in [-0.05, 0) is 44.3 Å². The molecule has 0 aliphatic rings. The second-order valence-corrected chi connectivity index (χ2v) is 4.69. The van der Waals surface area contributed by atoms with Crippen LogP contribution >= 0.6 is 0 Å². The van der Waals surface area contributed by atoms with Crippen molar-refractivity contribution in [3.05, 3.63) is 53.7 Å². The van der Waals surface area contributed by atoms with E-state index in [1.807, 2.05) is 32.2 Å². The predicted octanol–water partition coefficient (Wildman–Crippen LogP) is 3.27. The number of nitrogens with one attached hydrogen (secondary N) is 1. The molecule has 0 saturated heterocycles. The summed E-state index contributed by atoms with van der Waals surface area (Å²) in [6.45, 7) is 4.34. The lowest BCUT2D eigenvalue weighted by Crippen LogP contribution is -2.24. The zero-order chi connectivity index (χ0) is 13.7. The minimum absolute atomic E-state index is 0.218. The van der Waals surface area contributed by atoms with E-state index < -0.39 is 0 Å². The summed E-state index contributed by atoms with van der Waals surface area (Å²) in [7, 11) is 2.03. The molecule has 0 aliphatic heterocycles. The van der Waals surface area contributed by atoms with Gasteiger partial charge in [-0.15, -0.1) is 0 Å². The lowest BCUT2D eigenvalue weighted by molar-refractivity contribution is 0.302. The van der Waals surface area contributed by atoms with E-state index in [0.29, 0.717) is 0 Å². The lowest BCUT2D eigenvalue weighted by Gasteiger charge is -2.16. The van der Waals surface area contributed by atoms with Gasteiger partial charge in [0.05, 0.1) is 6.54 Å². The Kier molecular flexibility index (Phi) is 4.58. The Labute approximate surface area is 113 Å². The van der Waals surface area contributed by atoms with Crippen LogP contribution < -0.4 is 5.32 Å². The molecule has 3 nitrogen and oxygen atoms in total. The van der Waals surface area contributed by atoms with Crippen molar-refractivity contribution in [3.63, 3.8) is 0 Å². The first kappa shape index (κ1) is 13.6. The van der Waals surface area contributed by atoms with Crippen LogP contribution in [0.5, 0.6) is 0 Å². The molecule has 0 radical (unpaired) electrons. The van der Waals surface area contributed by atoms with Gasteiger partial charge in [-0.2, -0.15) is 0 Å². The second-order valence-electron chi connectivity index (χ2n) is 4.69. The van der Waals surface area contributed by atoms with Gasteiger partial charge in [0, 0.05) is 18.8 Å². The molecule has 0 spiro atoms. The van der Waals surface area contributed by atoms with Crippen LogP contribution in [0, 0.1) is 12.7 Å². The number of anilines is 1. The van der Waals surface area contributed by atoms with Crippen molar-refractivity contribution in [3.8, 4) is 0 Å². The Morgan fingerprint density at radius 2 is 2.11 bits per heavy atom. The van der Waals surface area contributed by atoms with E-state index in [4.69, 9.17) is 4.42 Å². The van der Waals surface area contributed by atoms with E-state index in [-0.39, 0.29) is 5.82 Å². The van der Waals surface area contributed by atoms with E-state index in [1.165, 1.54) is 12.1 Å². The van der Waals surface area contributed by atoms with Crippen molar-refractivity contribution in [2.75, 3.05) is 25.5 Å². The molecular formula is C15H19FN2O. The van der Waals surface area contributed by atoms with Crippen molar-refractivity contribution in [2.45, 2.75) is 13.5 Å². The molecule has 2 rings (SSSR count). The number of nitrogens with zero attached hydrogens (tertiary/aromatic N) is 1. The van der Waals surface area contributed by atoms with E-state index in [2.05, 4.69) is 10.2 Å². The van der Waals surface area contributed by atoms with Gasteiger partial charge in [0.1, 0.15) is 17.3 Å². The van der Waals surface area contributed by atoms with E-state index in [0.717, 1.165) is 36.8 Å². The second kappa shape index (κ2) is 6.38. The fourth-order valence-electron chi connectivity index (χ4n) is 1.90. The van der Waals surface area contributed by atoms with Crippen molar-refractivity contribution >= 4 is 5.69 Å². The molecule has 1 N–H and O–H groups in total. The molecule has 2 aromatic rings. The Hall–Kier alpha value is -1.81. The third-order valence-electron chi connectivity index (χ3n) is 2.87. The third kappa shape index (κ3) is 4.41. The quantitative estimate of drug-likeness (QED) is 0.866. The first-order chi connectivity index (χ1) is 9.13. The average Bonchev–Trinajstić information content (AvgIpc) is 2.75. The smallest absolute Gasteiger partial charge is 0.125 e. The summed E-state index contributed by atoms with van der Waals surface area (Å²) < 4.78 is 18.5. The molecule has 0 unspecified atom stereocenters. The van der Waals surface area contributed by atoms with Crippen LogP contribution in [0.2, 0.25) is 0 Å². The van der Waals surface area contributed by atoms with Gasteiger partial charge in [-0.3, -0.25) is 4.90 Å². The van der Waals surface area contributed by atoms with Gasteiger partial charge in [-0.25, -0.2) is 4.39 Å². The van der Waals surface area contributed by atoms with Gasteiger partial charge in [0.2, 0.25) is 0 Å². The number of halogens is 1. The summed E-state index contributed by atoms with van der Waals surface area (Å²) in [6.07, 6.45) is 0. The van der Waals surface area contributed by atoms with Gasteiger partial charge in [0.15, 0.2) is 0 Å². The van der Waals surface area contributed by atoms with Crippen LogP contribution in [0.3, 0.4) is 0 Å². The molecule has 0 bridgehead atoms. The van der Waals surface area contributed by atoms with Gasteiger partial charge in [-0.1, -0.05) is 6.07 Å². The van der Waals surface area contributed by atoms with Crippen LogP contribution in [-0.4, -0.2) is 25.0 Å². The Morgan fingerprint density at radius 1 is 1.26 bits per heavy atom. The van der Waals surface area contributed by atoms with E-state index >= 15 is 0 Å². The Morgan fingerprint density at radius 3 is 2.79 bits per heavy atom. The van der Waals surface area contributed by atoms with Gasteiger partial charge >= 0.3 is 0 Å². The first-order valence-electron chi connectivity index (χ1n) is 6.37. The predicted molar refractivity (Wildman–Crippen MR) is 74.7 cm³/mol. The van der Waals surface area contributed by atoms with Crippen molar-refractivity contribution in [1.82, 2.24) is 4.90 Å². The van der Waals surface area contributed by atoms with Gasteiger partial charge in [0.25, 0.3) is 0 Å². The third-order valence-corrected chi connectivity index (χ3v) is 2.87. The number of hydrogen-bond donors (Lipinski definition) is 1. The maximum atomic E-state index is 13.0. The normalized spacial score (nSPS) is 10.9. The maximum Gasteiger partial charge on any atom is 0.125 e. The van der Waals surface area contributed by atoms with E-state index in [9.17, 15) is 4.39 Å². The molecular weight excluding hydrogens is 243 g/mol. The monoisotopic (exact) mass is 262 g/mol. The summed E-state index contributed by atoms with van der Waals surface area (Å²) in [5.74, 6) is 1.68. The largest absolute Gasteiger partial charge is 0.465 e. The molecule has 0 amide bonds. The number of furan rings is 1. The highest BCUT2D eigenvalue weighted by Crippen LogP contribution is 2.10. The molecule has 0 fully saturated rings. The Bertz CT molecular complexity index is 524. The van der Waals surface area contributed by atoms with Crippen LogP contribution in [0.4, 0.5) is 10.1 Å². The average molecular weight is 262 g/mol. The SMILES string of the molecule is Cc1ccc(CN(C)CCNc2cccc(F)c2)o1. The van der Waals surface area contributed by atoms with Crippen molar-refractivity contribution in [2.24, 2.45) is 0 Å². The number of aryl methyl sites for hydroxylation is 1. The van der Waals surface area contributed by atoms with Crippen LogP contribution in [0.25, 0.3) is 0 Å².